The van der Waals surface area contributed by atoms with E-state index in [1.807, 2.05) is 42.9 Å². The van der Waals surface area contributed by atoms with E-state index in [1.165, 1.54) is 21.6 Å². The van der Waals surface area contributed by atoms with Crippen molar-refractivity contribution in [3.8, 4) is 16.9 Å². The third-order valence-electron chi connectivity index (χ3n) is 7.57. The number of amides is 1. The molecule has 2 N–H and O–H groups in total. The SMILES string of the molecule is CSc1ccccc1-c1ccc(Cn2cncc2CNC2CCOc3c(C(=O)NCc4ccncc4)cccc32)cc1. The minimum atomic E-state index is -0.148. The molecule has 0 saturated carbocycles. The fraction of sp³-hybridized carbons (Fsp3) is 0.206. The summed E-state index contributed by atoms with van der Waals surface area (Å²) in [4.78, 5) is 22.8. The topological polar surface area (TPSA) is 81.1 Å². The van der Waals surface area contributed by atoms with Crippen molar-refractivity contribution < 1.29 is 9.53 Å². The maximum atomic E-state index is 13.1. The fourth-order valence-electron chi connectivity index (χ4n) is 5.33. The summed E-state index contributed by atoms with van der Waals surface area (Å²) in [6, 6.07) is 26.9. The number of imidazole rings is 1. The molecule has 1 aliphatic rings. The van der Waals surface area contributed by atoms with Gasteiger partial charge >= 0.3 is 0 Å². The number of ether oxygens (including phenoxy) is 1. The predicted molar refractivity (Wildman–Crippen MR) is 167 cm³/mol. The largest absolute Gasteiger partial charge is 0.492 e. The molecule has 212 valence electrons. The number of carbonyl (C=O) groups is 1. The van der Waals surface area contributed by atoms with Gasteiger partial charge < -0.3 is 19.9 Å². The molecule has 1 atom stereocenters. The number of nitrogens with one attached hydrogen (secondary N) is 2. The summed E-state index contributed by atoms with van der Waals surface area (Å²) in [5.41, 5.74) is 7.36. The lowest BCUT2D eigenvalue weighted by Crippen LogP contribution is -2.30. The molecule has 42 heavy (non-hydrogen) atoms. The van der Waals surface area contributed by atoms with E-state index in [-0.39, 0.29) is 11.9 Å². The molecule has 0 aliphatic carbocycles. The smallest absolute Gasteiger partial charge is 0.255 e. The van der Waals surface area contributed by atoms with E-state index in [4.69, 9.17) is 4.74 Å². The number of hydrogen-bond acceptors (Lipinski definition) is 6. The van der Waals surface area contributed by atoms with Crippen molar-refractivity contribution in [3.63, 3.8) is 0 Å². The van der Waals surface area contributed by atoms with Crippen LogP contribution in [0.3, 0.4) is 0 Å². The van der Waals surface area contributed by atoms with Crippen molar-refractivity contribution in [2.45, 2.75) is 37.0 Å². The van der Waals surface area contributed by atoms with Crippen molar-refractivity contribution in [3.05, 3.63) is 132 Å². The maximum Gasteiger partial charge on any atom is 0.255 e. The number of benzene rings is 3. The number of thioether (sulfide) groups is 1. The van der Waals surface area contributed by atoms with Crippen LogP contribution in [0.4, 0.5) is 0 Å². The summed E-state index contributed by atoms with van der Waals surface area (Å²) in [6.07, 6.45) is 10.2. The lowest BCUT2D eigenvalue weighted by Gasteiger charge is -2.28. The zero-order valence-electron chi connectivity index (χ0n) is 23.5. The van der Waals surface area contributed by atoms with E-state index in [2.05, 4.69) is 80.0 Å². The first kappa shape index (κ1) is 27.8. The van der Waals surface area contributed by atoms with Crippen molar-refractivity contribution in [2.24, 2.45) is 0 Å². The van der Waals surface area contributed by atoms with Gasteiger partial charge in [0.25, 0.3) is 5.91 Å². The molecule has 0 radical (unpaired) electrons. The molecule has 1 aliphatic heterocycles. The van der Waals surface area contributed by atoms with Gasteiger partial charge in [-0.25, -0.2) is 4.98 Å². The monoisotopic (exact) mass is 575 g/mol. The second kappa shape index (κ2) is 13.1. The van der Waals surface area contributed by atoms with Crippen LogP contribution < -0.4 is 15.4 Å². The van der Waals surface area contributed by atoms with E-state index in [1.54, 1.807) is 24.2 Å². The molecule has 2 aromatic heterocycles. The Kier molecular flexibility index (Phi) is 8.63. The third kappa shape index (κ3) is 6.25. The molecular weight excluding hydrogens is 542 g/mol. The fourth-order valence-corrected chi connectivity index (χ4v) is 5.95. The first-order chi connectivity index (χ1) is 20.7. The Hall–Kier alpha value is -4.40. The van der Waals surface area contributed by atoms with Crippen LogP contribution in [0, 0.1) is 0 Å². The minimum absolute atomic E-state index is 0.0702. The van der Waals surface area contributed by atoms with Gasteiger partial charge in [-0.05, 0) is 52.8 Å². The summed E-state index contributed by atoms with van der Waals surface area (Å²) >= 11 is 1.77. The predicted octanol–water partition coefficient (Wildman–Crippen LogP) is 6.26. The number of para-hydroxylation sites is 1. The molecule has 0 bridgehead atoms. The molecule has 8 heteroatoms. The Labute approximate surface area is 250 Å². The molecule has 1 unspecified atom stereocenters. The Bertz CT molecular complexity index is 1650. The first-order valence-electron chi connectivity index (χ1n) is 14.1. The number of carbonyl (C=O) groups excluding carboxylic acids is 1. The van der Waals surface area contributed by atoms with Gasteiger partial charge in [0, 0.05) is 61.1 Å². The van der Waals surface area contributed by atoms with E-state index in [0.29, 0.717) is 31.0 Å². The molecule has 0 fully saturated rings. The van der Waals surface area contributed by atoms with Gasteiger partial charge in [0.05, 0.1) is 24.2 Å². The summed E-state index contributed by atoms with van der Waals surface area (Å²) in [7, 11) is 0. The van der Waals surface area contributed by atoms with Crippen molar-refractivity contribution in [2.75, 3.05) is 12.9 Å². The van der Waals surface area contributed by atoms with Gasteiger partial charge in [0.1, 0.15) is 5.75 Å². The molecule has 3 aromatic carbocycles. The number of rotatable bonds is 10. The van der Waals surface area contributed by atoms with Gasteiger partial charge in [-0.2, -0.15) is 0 Å². The molecule has 0 saturated heterocycles. The zero-order chi connectivity index (χ0) is 28.7. The van der Waals surface area contributed by atoms with Crippen LogP contribution in [-0.4, -0.2) is 33.3 Å². The lowest BCUT2D eigenvalue weighted by atomic mass is 9.97. The maximum absolute atomic E-state index is 13.1. The highest BCUT2D eigenvalue weighted by Gasteiger charge is 2.26. The summed E-state index contributed by atoms with van der Waals surface area (Å²) in [5.74, 6) is 0.510. The van der Waals surface area contributed by atoms with Gasteiger partial charge in [-0.1, -0.05) is 54.6 Å². The van der Waals surface area contributed by atoms with Gasteiger partial charge in [0.15, 0.2) is 0 Å². The first-order valence-corrected chi connectivity index (χ1v) is 15.3. The normalized spacial score (nSPS) is 14.2. The Morgan fingerprint density at radius 1 is 0.952 bits per heavy atom. The second-order valence-electron chi connectivity index (χ2n) is 10.2. The average Bonchev–Trinajstić information content (AvgIpc) is 3.49. The Balaban J connectivity index is 1.11. The van der Waals surface area contributed by atoms with Crippen LogP contribution >= 0.6 is 11.8 Å². The van der Waals surface area contributed by atoms with Crippen molar-refractivity contribution in [1.29, 1.82) is 0 Å². The van der Waals surface area contributed by atoms with Crippen molar-refractivity contribution in [1.82, 2.24) is 25.2 Å². The highest BCUT2D eigenvalue weighted by molar-refractivity contribution is 7.98. The Morgan fingerprint density at radius 3 is 2.62 bits per heavy atom. The molecule has 3 heterocycles. The van der Waals surface area contributed by atoms with Crippen LogP contribution in [0.2, 0.25) is 0 Å². The highest BCUT2D eigenvalue weighted by atomic mass is 32.2. The van der Waals surface area contributed by atoms with Crippen LogP contribution in [0.5, 0.6) is 5.75 Å². The number of hydrogen-bond donors (Lipinski definition) is 2. The summed E-state index contributed by atoms with van der Waals surface area (Å²) in [5, 5.41) is 6.70. The van der Waals surface area contributed by atoms with Gasteiger partial charge in [-0.3, -0.25) is 9.78 Å². The number of pyridine rings is 1. The van der Waals surface area contributed by atoms with Gasteiger partial charge in [0.2, 0.25) is 0 Å². The van der Waals surface area contributed by atoms with Crippen molar-refractivity contribution >= 4 is 17.7 Å². The minimum Gasteiger partial charge on any atom is -0.492 e. The van der Waals surface area contributed by atoms with Gasteiger partial charge in [-0.15, -0.1) is 11.8 Å². The van der Waals surface area contributed by atoms with E-state index in [0.717, 1.165) is 29.8 Å². The number of fused-ring (bicyclic) bond motifs is 1. The number of aromatic nitrogens is 3. The van der Waals surface area contributed by atoms with Crippen LogP contribution in [-0.2, 0) is 19.6 Å². The van der Waals surface area contributed by atoms with E-state index in [9.17, 15) is 4.79 Å². The lowest BCUT2D eigenvalue weighted by molar-refractivity contribution is 0.0945. The second-order valence-corrected chi connectivity index (χ2v) is 11.1. The standard InChI is InChI=1S/C34H33N5O2S/c1-42-32-8-3-2-5-28(32)26-11-9-25(10-12-26)22-39-23-36-20-27(39)21-37-31-15-18-41-33-29(31)6-4-7-30(33)34(40)38-19-24-13-16-35-17-14-24/h2-14,16-17,20,23,31,37H,15,18-19,21-22H2,1H3,(H,38,40). The summed E-state index contributed by atoms with van der Waals surface area (Å²) in [6.45, 7) is 2.38. The van der Waals surface area contributed by atoms with Crippen LogP contribution in [0.1, 0.15) is 45.2 Å². The van der Waals surface area contributed by atoms with E-state index < -0.39 is 0 Å². The van der Waals surface area contributed by atoms with E-state index >= 15 is 0 Å². The number of nitrogens with zero attached hydrogens (tertiary/aromatic N) is 3. The average molecular weight is 576 g/mol. The summed E-state index contributed by atoms with van der Waals surface area (Å²) < 4.78 is 8.21. The molecule has 6 rings (SSSR count). The molecule has 1 amide bonds. The Morgan fingerprint density at radius 2 is 1.79 bits per heavy atom. The molecular formula is C34H33N5O2S. The molecule has 0 spiro atoms. The zero-order valence-corrected chi connectivity index (χ0v) is 24.3. The molecule has 7 nitrogen and oxygen atoms in total. The molecule has 5 aromatic rings. The highest BCUT2D eigenvalue weighted by Crippen LogP contribution is 2.35. The third-order valence-corrected chi connectivity index (χ3v) is 8.37. The quantitative estimate of drug-likeness (QED) is 0.191. The van der Waals surface area contributed by atoms with Crippen LogP contribution in [0.15, 0.2) is 109 Å². The van der Waals surface area contributed by atoms with Crippen LogP contribution in [0.25, 0.3) is 11.1 Å².